The Morgan fingerprint density at radius 3 is 2.71 bits per heavy atom. The minimum Gasteiger partial charge on any atom is -0.339 e. The van der Waals surface area contributed by atoms with E-state index in [4.69, 9.17) is 4.52 Å². The van der Waals surface area contributed by atoms with Gasteiger partial charge in [0, 0.05) is 18.4 Å². The Morgan fingerprint density at radius 2 is 2.10 bits per heavy atom. The predicted octanol–water partition coefficient (Wildman–Crippen LogP) is 1.29. The summed E-state index contributed by atoms with van der Waals surface area (Å²) in [6.45, 7) is 0. The Bertz CT molecular complexity index is 578. The summed E-state index contributed by atoms with van der Waals surface area (Å²) in [6.07, 6.45) is 6.46. The minimum atomic E-state index is -2.91. The molecule has 0 radical (unpaired) electrons. The summed E-state index contributed by atoms with van der Waals surface area (Å²) in [5, 5.41) is 7.36. The molecule has 0 aromatic carbocycles. The van der Waals surface area contributed by atoms with Gasteiger partial charge in [0.15, 0.2) is 15.7 Å². The number of likely N-dealkylation sites (N-methyl/N-ethyl adjacent to an activating group) is 1. The monoisotopic (exact) mass is 313 g/mol. The van der Waals surface area contributed by atoms with Gasteiger partial charge in [-0.05, 0) is 32.2 Å². The number of rotatable bonds is 5. The number of nitrogens with one attached hydrogen (secondary N) is 1. The fourth-order valence-electron chi connectivity index (χ4n) is 3.57. The van der Waals surface area contributed by atoms with E-state index < -0.39 is 9.84 Å². The van der Waals surface area contributed by atoms with Gasteiger partial charge in [-0.3, -0.25) is 0 Å². The van der Waals surface area contributed by atoms with E-state index in [0.29, 0.717) is 30.1 Å². The quantitative estimate of drug-likeness (QED) is 0.882. The first kappa shape index (κ1) is 15.0. The van der Waals surface area contributed by atoms with Gasteiger partial charge in [-0.25, -0.2) is 8.42 Å². The van der Waals surface area contributed by atoms with Crippen LogP contribution in [-0.4, -0.2) is 43.2 Å². The molecule has 1 aromatic rings. The third kappa shape index (κ3) is 3.45. The number of sulfone groups is 1. The van der Waals surface area contributed by atoms with Crippen molar-refractivity contribution in [3.05, 3.63) is 11.7 Å². The Labute approximate surface area is 125 Å². The normalized spacial score (nSPS) is 27.2. The molecule has 118 valence electrons. The van der Waals surface area contributed by atoms with Crippen LogP contribution in [0.25, 0.3) is 0 Å². The fraction of sp³-hybridized carbons (Fsp3) is 0.857. The Balaban J connectivity index is 1.64. The zero-order valence-corrected chi connectivity index (χ0v) is 13.2. The van der Waals surface area contributed by atoms with Gasteiger partial charge in [0.25, 0.3) is 0 Å². The molecule has 1 saturated carbocycles. The van der Waals surface area contributed by atoms with Crippen molar-refractivity contribution in [2.24, 2.45) is 5.92 Å². The highest BCUT2D eigenvalue weighted by atomic mass is 32.2. The highest BCUT2D eigenvalue weighted by molar-refractivity contribution is 7.91. The molecule has 0 amide bonds. The van der Waals surface area contributed by atoms with E-state index in [-0.39, 0.29) is 17.4 Å². The Kier molecular flexibility index (Phi) is 4.31. The predicted molar refractivity (Wildman–Crippen MR) is 78.8 cm³/mol. The van der Waals surface area contributed by atoms with Gasteiger partial charge in [-0.1, -0.05) is 18.0 Å². The number of nitrogens with zero attached hydrogens (tertiary/aromatic N) is 2. The zero-order chi connectivity index (χ0) is 14.9. The van der Waals surface area contributed by atoms with E-state index in [1.807, 2.05) is 7.05 Å². The maximum absolute atomic E-state index is 11.5. The van der Waals surface area contributed by atoms with Crippen molar-refractivity contribution in [1.82, 2.24) is 15.5 Å². The lowest BCUT2D eigenvalue weighted by Gasteiger charge is -2.20. The molecular formula is C14H23N3O3S. The lowest BCUT2D eigenvalue weighted by atomic mass is 9.95. The van der Waals surface area contributed by atoms with E-state index >= 15 is 0 Å². The summed E-state index contributed by atoms with van der Waals surface area (Å²) in [6, 6.07) is 0.369. The lowest BCUT2D eigenvalue weighted by Crippen LogP contribution is -2.34. The van der Waals surface area contributed by atoms with Crippen molar-refractivity contribution < 1.29 is 12.9 Å². The topological polar surface area (TPSA) is 85.1 Å². The second-order valence-electron chi connectivity index (χ2n) is 6.29. The van der Waals surface area contributed by atoms with Crippen molar-refractivity contribution in [3.8, 4) is 0 Å². The smallest absolute Gasteiger partial charge is 0.228 e. The summed E-state index contributed by atoms with van der Waals surface area (Å²) >= 11 is 0. The summed E-state index contributed by atoms with van der Waals surface area (Å²) in [5.74, 6) is 2.17. The maximum Gasteiger partial charge on any atom is 0.228 e. The van der Waals surface area contributed by atoms with Crippen molar-refractivity contribution in [2.75, 3.05) is 18.6 Å². The molecule has 2 aliphatic rings. The van der Waals surface area contributed by atoms with E-state index in [2.05, 4.69) is 15.5 Å². The van der Waals surface area contributed by atoms with Gasteiger partial charge in [0.05, 0.1) is 11.5 Å². The zero-order valence-electron chi connectivity index (χ0n) is 12.4. The van der Waals surface area contributed by atoms with Crippen molar-refractivity contribution in [2.45, 2.75) is 50.5 Å². The molecular weight excluding hydrogens is 290 g/mol. The van der Waals surface area contributed by atoms with Gasteiger partial charge in [-0.15, -0.1) is 0 Å². The molecule has 0 bridgehead atoms. The minimum absolute atomic E-state index is 0.0907. The van der Waals surface area contributed by atoms with Crippen molar-refractivity contribution in [1.29, 1.82) is 0 Å². The second-order valence-corrected chi connectivity index (χ2v) is 8.52. The van der Waals surface area contributed by atoms with Crippen LogP contribution < -0.4 is 5.32 Å². The Hall–Kier alpha value is -0.950. The van der Waals surface area contributed by atoms with E-state index in [1.165, 1.54) is 25.7 Å². The van der Waals surface area contributed by atoms with Gasteiger partial charge in [-0.2, -0.15) is 4.98 Å². The van der Waals surface area contributed by atoms with Crippen LogP contribution in [0.1, 0.15) is 49.7 Å². The van der Waals surface area contributed by atoms with Crippen molar-refractivity contribution in [3.63, 3.8) is 0 Å². The fourth-order valence-corrected chi connectivity index (χ4v) is 5.31. The number of hydrogen-bond donors (Lipinski definition) is 1. The molecule has 1 aliphatic heterocycles. The Morgan fingerprint density at radius 1 is 1.33 bits per heavy atom. The largest absolute Gasteiger partial charge is 0.339 e. The van der Waals surface area contributed by atoms with Gasteiger partial charge < -0.3 is 9.84 Å². The van der Waals surface area contributed by atoms with Gasteiger partial charge in [0.1, 0.15) is 0 Å². The molecule has 6 nitrogen and oxygen atoms in total. The lowest BCUT2D eigenvalue weighted by molar-refractivity contribution is 0.316. The SMILES string of the molecule is CNC(Cc1nc(C2CCS(=O)(=O)C2)no1)C1CCCC1. The second kappa shape index (κ2) is 6.04. The van der Waals surface area contributed by atoms with Crippen LogP contribution in [-0.2, 0) is 16.3 Å². The molecule has 1 aliphatic carbocycles. The molecule has 2 fully saturated rings. The third-order valence-corrected chi connectivity index (χ3v) is 6.58. The molecule has 2 atom stereocenters. The average molecular weight is 313 g/mol. The maximum atomic E-state index is 11.5. The van der Waals surface area contributed by atoms with Gasteiger partial charge >= 0.3 is 0 Å². The number of hydrogen-bond acceptors (Lipinski definition) is 6. The van der Waals surface area contributed by atoms with E-state index in [0.717, 1.165) is 6.42 Å². The molecule has 21 heavy (non-hydrogen) atoms. The first-order valence-electron chi connectivity index (χ1n) is 7.77. The summed E-state index contributed by atoms with van der Waals surface area (Å²) in [5.41, 5.74) is 0. The molecule has 0 spiro atoms. The first-order valence-corrected chi connectivity index (χ1v) is 9.60. The van der Waals surface area contributed by atoms with Crippen LogP contribution in [0.15, 0.2) is 4.52 Å². The third-order valence-electron chi connectivity index (χ3n) is 4.82. The molecule has 2 heterocycles. The molecule has 2 unspecified atom stereocenters. The standard InChI is InChI=1S/C14H23N3O3S/c1-15-12(10-4-2-3-5-10)8-13-16-14(17-20-13)11-6-7-21(18,19)9-11/h10-12,15H,2-9H2,1H3. The molecule has 1 aromatic heterocycles. The van der Waals surface area contributed by atoms with Crippen molar-refractivity contribution >= 4 is 9.84 Å². The van der Waals surface area contributed by atoms with E-state index in [9.17, 15) is 8.42 Å². The van der Waals surface area contributed by atoms with Crippen LogP contribution in [0.3, 0.4) is 0 Å². The molecule has 1 N–H and O–H groups in total. The summed E-state index contributed by atoms with van der Waals surface area (Å²) in [4.78, 5) is 4.43. The summed E-state index contributed by atoms with van der Waals surface area (Å²) in [7, 11) is -0.933. The average Bonchev–Trinajstić information content (AvgIpc) is 3.15. The van der Waals surface area contributed by atoms with Crippen LogP contribution in [0, 0.1) is 5.92 Å². The summed E-state index contributed by atoms with van der Waals surface area (Å²) < 4.78 is 28.4. The van der Waals surface area contributed by atoms with Crippen LogP contribution in [0.4, 0.5) is 0 Å². The molecule has 1 saturated heterocycles. The van der Waals surface area contributed by atoms with Crippen LogP contribution in [0.2, 0.25) is 0 Å². The molecule has 7 heteroatoms. The molecule has 3 rings (SSSR count). The van der Waals surface area contributed by atoms with Gasteiger partial charge in [0.2, 0.25) is 5.89 Å². The highest BCUT2D eigenvalue weighted by Gasteiger charge is 2.33. The van der Waals surface area contributed by atoms with Crippen LogP contribution >= 0.6 is 0 Å². The van der Waals surface area contributed by atoms with Crippen LogP contribution in [0.5, 0.6) is 0 Å². The first-order chi connectivity index (χ1) is 10.1. The number of aromatic nitrogens is 2. The highest BCUT2D eigenvalue weighted by Crippen LogP contribution is 2.30. The van der Waals surface area contributed by atoms with E-state index in [1.54, 1.807) is 0 Å².